The average molecular weight is 305 g/mol. The highest BCUT2D eigenvalue weighted by molar-refractivity contribution is 8.01. The third kappa shape index (κ3) is 4.02. The average Bonchev–Trinajstić information content (AvgIpc) is 2.62. The van der Waals surface area contributed by atoms with Gasteiger partial charge in [0.2, 0.25) is 0 Å². The molecule has 0 bridgehead atoms. The fourth-order valence-electron chi connectivity index (χ4n) is 2.27. The zero-order valence-electron chi connectivity index (χ0n) is 13.3. The van der Waals surface area contributed by atoms with Gasteiger partial charge in [-0.3, -0.25) is 4.90 Å². The first-order chi connectivity index (χ1) is 9.35. The number of rotatable bonds is 6. The molecular weight excluding hydrogens is 278 g/mol. The van der Waals surface area contributed by atoms with Crippen LogP contribution in [0.5, 0.6) is 0 Å². The molecule has 1 aliphatic heterocycles. The molecule has 6 heteroatoms. The predicted molar refractivity (Wildman–Crippen MR) is 80.8 cm³/mol. The lowest BCUT2D eigenvalue weighted by Gasteiger charge is -2.32. The Balaban J connectivity index is 2.90. The Morgan fingerprint density at radius 3 is 2.50 bits per heavy atom. The summed E-state index contributed by atoms with van der Waals surface area (Å²) >= 11 is 1.76. The number of ether oxygens (including phenoxy) is 3. The minimum Gasteiger partial charge on any atom is -0.450 e. The van der Waals surface area contributed by atoms with Crippen LogP contribution in [-0.2, 0) is 14.2 Å². The van der Waals surface area contributed by atoms with Gasteiger partial charge in [0, 0.05) is 7.11 Å². The van der Waals surface area contributed by atoms with E-state index in [0.29, 0.717) is 25.7 Å². The Labute approximate surface area is 126 Å². The van der Waals surface area contributed by atoms with Gasteiger partial charge in [0.25, 0.3) is 0 Å². The van der Waals surface area contributed by atoms with Crippen LogP contribution >= 0.6 is 11.8 Å². The van der Waals surface area contributed by atoms with Crippen molar-refractivity contribution in [3.05, 3.63) is 0 Å². The van der Waals surface area contributed by atoms with Gasteiger partial charge in [-0.05, 0) is 26.7 Å². The molecule has 1 saturated heterocycles. The lowest BCUT2D eigenvalue weighted by atomic mass is 10.1. The molecule has 118 valence electrons. The highest BCUT2D eigenvalue weighted by Crippen LogP contribution is 2.47. The van der Waals surface area contributed by atoms with Crippen molar-refractivity contribution in [2.75, 3.05) is 26.9 Å². The Morgan fingerprint density at radius 1 is 1.35 bits per heavy atom. The van der Waals surface area contributed by atoms with Gasteiger partial charge in [-0.15, -0.1) is 11.8 Å². The van der Waals surface area contributed by atoms with Gasteiger partial charge in [-0.2, -0.15) is 0 Å². The highest BCUT2D eigenvalue weighted by Gasteiger charge is 2.51. The molecule has 2 atom stereocenters. The summed E-state index contributed by atoms with van der Waals surface area (Å²) in [6.07, 6.45) is -0.596. The number of methoxy groups -OCH3 is 1. The minimum absolute atomic E-state index is 0.0663. The second kappa shape index (κ2) is 7.52. The second-order valence-corrected chi connectivity index (χ2v) is 7.45. The summed E-state index contributed by atoms with van der Waals surface area (Å²) in [5.41, 5.74) is 0. The van der Waals surface area contributed by atoms with Gasteiger partial charge in [-0.25, -0.2) is 4.79 Å². The lowest BCUT2D eigenvalue weighted by Crippen LogP contribution is -2.49. The lowest BCUT2D eigenvalue weighted by molar-refractivity contribution is -0.0777. The van der Waals surface area contributed by atoms with Crippen LogP contribution in [0.2, 0.25) is 0 Å². The van der Waals surface area contributed by atoms with E-state index in [2.05, 4.69) is 27.7 Å². The van der Waals surface area contributed by atoms with Crippen LogP contribution in [-0.4, -0.2) is 54.3 Å². The molecule has 0 spiro atoms. The van der Waals surface area contributed by atoms with Crippen LogP contribution < -0.4 is 0 Å². The molecular formula is C14H27NO4S. The van der Waals surface area contributed by atoms with Crippen LogP contribution in [0.4, 0.5) is 4.79 Å². The molecule has 1 aliphatic rings. The molecule has 20 heavy (non-hydrogen) atoms. The largest absolute Gasteiger partial charge is 0.450 e. The monoisotopic (exact) mass is 305 g/mol. The number of amides is 1. The molecule has 0 aromatic heterocycles. The van der Waals surface area contributed by atoms with Crippen LogP contribution in [0, 0.1) is 5.92 Å². The number of hydrogen-bond acceptors (Lipinski definition) is 5. The number of carbonyl (C=O) groups excluding carboxylic acids is 1. The molecule has 2 unspecified atom stereocenters. The van der Waals surface area contributed by atoms with E-state index in [-0.39, 0.29) is 22.4 Å². The van der Waals surface area contributed by atoms with Crippen molar-refractivity contribution in [2.24, 2.45) is 5.92 Å². The van der Waals surface area contributed by atoms with Gasteiger partial charge in [0.15, 0.2) is 6.23 Å². The fraction of sp³-hybridized carbons (Fsp3) is 0.929. The standard InChI is InChI=1S/C14H27NO4S/c1-7-18-13(16)15-11(10(2)3)20-14(4,5)12(15)19-9-8-17-6/h10-12H,7-9H2,1-6H3. The maximum absolute atomic E-state index is 12.3. The van der Waals surface area contributed by atoms with Crippen LogP contribution in [0.25, 0.3) is 0 Å². The summed E-state index contributed by atoms with van der Waals surface area (Å²) in [5, 5.41) is 0.0663. The molecule has 1 fully saturated rings. The van der Waals surface area contributed by atoms with Crippen LogP contribution in [0.1, 0.15) is 34.6 Å². The van der Waals surface area contributed by atoms with Gasteiger partial charge in [-0.1, -0.05) is 13.8 Å². The Kier molecular flexibility index (Phi) is 6.61. The normalized spacial score (nSPS) is 25.2. The third-order valence-electron chi connectivity index (χ3n) is 3.16. The van der Waals surface area contributed by atoms with E-state index in [0.717, 1.165) is 0 Å². The van der Waals surface area contributed by atoms with E-state index in [4.69, 9.17) is 14.2 Å². The van der Waals surface area contributed by atoms with Gasteiger partial charge in [0.05, 0.1) is 29.9 Å². The first-order valence-electron chi connectivity index (χ1n) is 7.08. The van der Waals surface area contributed by atoms with Crippen molar-refractivity contribution in [1.29, 1.82) is 0 Å². The number of hydrogen-bond donors (Lipinski definition) is 0. The molecule has 1 rings (SSSR count). The second-order valence-electron chi connectivity index (χ2n) is 5.68. The molecule has 5 nitrogen and oxygen atoms in total. The molecule has 0 aromatic rings. The maximum atomic E-state index is 12.3. The van der Waals surface area contributed by atoms with E-state index in [9.17, 15) is 4.79 Å². The van der Waals surface area contributed by atoms with Crippen molar-refractivity contribution in [3.8, 4) is 0 Å². The number of carbonyl (C=O) groups is 1. The van der Waals surface area contributed by atoms with Crippen LogP contribution in [0.3, 0.4) is 0 Å². The van der Waals surface area contributed by atoms with Gasteiger partial charge >= 0.3 is 6.09 Å². The molecule has 0 N–H and O–H groups in total. The highest BCUT2D eigenvalue weighted by atomic mass is 32.2. The summed E-state index contributed by atoms with van der Waals surface area (Å²) in [4.78, 5) is 14.0. The fourth-order valence-corrected chi connectivity index (χ4v) is 3.78. The summed E-state index contributed by atoms with van der Waals surface area (Å²) in [6.45, 7) is 11.6. The summed E-state index contributed by atoms with van der Waals surface area (Å²) < 4.78 is 15.9. The number of nitrogens with zero attached hydrogens (tertiary/aromatic N) is 1. The Hall–Kier alpha value is -0.460. The minimum atomic E-state index is -0.299. The summed E-state index contributed by atoms with van der Waals surface area (Å²) in [6, 6.07) is 0. The molecule has 1 amide bonds. The first-order valence-corrected chi connectivity index (χ1v) is 7.96. The topological polar surface area (TPSA) is 48.0 Å². The van der Waals surface area contributed by atoms with Crippen molar-refractivity contribution < 1.29 is 19.0 Å². The zero-order valence-corrected chi connectivity index (χ0v) is 14.2. The van der Waals surface area contributed by atoms with E-state index in [1.54, 1.807) is 23.8 Å². The molecule has 0 aromatic carbocycles. The van der Waals surface area contributed by atoms with Gasteiger partial charge in [0.1, 0.15) is 0 Å². The quantitative estimate of drug-likeness (QED) is 0.706. The van der Waals surface area contributed by atoms with Crippen LogP contribution in [0.15, 0.2) is 0 Å². The van der Waals surface area contributed by atoms with E-state index in [1.807, 2.05) is 6.92 Å². The predicted octanol–water partition coefficient (Wildman–Crippen LogP) is 2.94. The van der Waals surface area contributed by atoms with E-state index in [1.165, 1.54) is 0 Å². The molecule has 0 aliphatic carbocycles. The summed E-state index contributed by atoms with van der Waals surface area (Å²) in [5.74, 6) is 0.333. The van der Waals surface area contributed by atoms with E-state index < -0.39 is 0 Å². The third-order valence-corrected chi connectivity index (χ3v) is 4.98. The Bertz CT molecular complexity index is 322. The zero-order chi connectivity index (χ0) is 15.3. The Morgan fingerprint density at radius 2 is 2.00 bits per heavy atom. The van der Waals surface area contributed by atoms with Crippen molar-refractivity contribution in [2.45, 2.75) is 51.0 Å². The number of thioether (sulfide) groups is 1. The SMILES string of the molecule is CCOC(=O)N1C(C(C)C)SC(C)(C)C1OCCOC. The molecule has 0 radical (unpaired) electrons. The molecule has 0 saturated carbocycles. The van der Waals surface area contributed by atoms with E-state index >= 15 is 0 Å². The maximum Gasteiger partial charge on any atom is 0.412 e. The van der Waals surface area contributed by atoms with Crippen molar-refractivity contribution >= 4 is 17.9 Å². The smallest absolute Gasteiger partial charge is 0.412 e. The van der Waals surface area contributed by atoms with Crippen molar-refractivity contribution in [3.63, 3.8) is 0 Å². The summed E-state index contributed by atoms with van der Waals surface area (Å²) in [7, 11) is 1.64. The van der Waals surface area contributed by atoms with Crippen molar-refractivity contribution in [1.82, 2.24) is 4.90 Å². The molecule has 1 heterocycles. The first kappa shape index (κ1) is 17.6. The van der Waals surface area contributed by atoms with Gasteiger partial charge < -0.3 is 14.2 Å².